The van der Waals surface area contributed by atoms with Crippen molar-refractivity contribution in [2.75, 3.05) is 17.2 Å². The average molecular weight is 374 g/mol. The number of halogens is 3. The van der Waals surface area contributed by atoms with Crippen LogP contribution in [0.3, 0.4) is 0 Å². The lowest BCUT2D eigenvalue weighted by molar-refractivity contribution is -0.114. The maximum Gasteiger partial charge on any atom is 0.243 e. The highest BCUT2D eigenvalue weighted by atomic mass is 79.9. The van der Waals surface area contributed by atoms with Crippen LogP contribution in [0.15, 0.2) is 46.9 Å². The van der Waals surface area contributed by atoms with E-state index >= 15 is 0 Å². The number of hydrogen-bond donors (Lipinski definition) is 2. The Balaban J connectivity index is 1.92. The van der Waals surface area contributed by atoms with Crippen LogP contribution in [-0.2, 0) is 4.79 Å². The molecule has 2 aromatic carbocycles. The predicted molar refractivity (Wildman–Crippen MR) is 87.7 cm³/mol. The third-order valence-electron chi connectivity index (χ3n) is 2.50. The third kappa shape index (κ3) is 4.40. The van der Waals surface area contributed by atoms with Gasteiger partial charge in [0.1, 0.15) is 0 Å². The van der Waals surface area contributed by atoms with Gasteiger partial charge in [0.25, 0.3) is 0 Å². The summed E-state index contributed by atoms with van der Waals surface area (Å²) in [6, 6.07) is 12.4. The van der Waals surface area contributed by atoms with E-state index in [2.05, 4.69) is 26.6 Å². The van der Waals surface area contributed by atoms with E-state index in [9.17, 15) is 4.79 Å². The number of carbonyl (C=O) groups is 1. The van der Waals surface area contributed by atoms with Crippen molar-refractivity contribution >= 4 is 56.4 Å². The van der Waals surface area contributed by atoms with Crippen LogP contribution in [0.2, 0.25) is 10.0 Å². The fourth-order valence-corrected chi connectivity index (χ4v) is 2.17. The highest BCUT2D eigenvalue weighted by Crippen LogP contribution is 2.25. The van der Waals surface area contributed by atoms with Crippen molar-refractivity contribution in [1.82, 2.24) is 0 Å². The summed E-state index contributed by atoms with van der Waals surface area (Å²) in [6.07, 6.45) is 0. The summed E-state index contributed by atoms with van der Waals surface area (Å²) in [4.78, 5) is 11.8. The molecule has 20 heavy (non-hydrogen) atoms. The fourth-order valence-electron chi connectivity index (χ4n) is 1.55. The predicted octanol–water partition coefficient (Wildman–Crippen LogP) is 4.81. The minimum Gasteiger partial charge on any atom is -0.375 e. The lowest BCUT2D eigenvalue weighted by Crippen LogP contribution is -2.21. The number of amides is 1. The molecule has 2 aromatic rings. The van der Waals surface area contributed by atoms with Gasteiger partial charge in [-0.25, -0.2) is 0 Å². The molecule has 0 heterocycles. The maximum atomic E-state index is 11.8. The second-order valence-electron chi connectivity index (χ2n) is 4.03. The Kier molecular flexibility index (Phi) is 5.29. The summed E-state index contributed by atoms with van der Waals surface area (Å²) >= 11 is 15.2. The SMILES string of the molecule is O=C(CNc1cc(Cl)ccc1Cl)Nc1ccc(Br)cc1. The van der Waals surface area contributed by atoms with E-state index in [1.165, 1.54) is 0 Å². The Morgan fingerprint density at radius 3 is 2.50 bits per heavy atom. The lowest BCUT2D eigenvalue weighted by atomic mass is 10.3. The van der Waals surface area contributed by atoms with Gasteiger partial charge in [-0.1, -0.05) is 39.1 Å². The highest BCUT2D eigenvalue weighted by Gasteiger charge is 2.05. The van der Waals surface area contributed by atoms with E-state index in [0.29, 0.717) is 15.7 Å². The zero-order valence-corrected chi connectivity index (χ0v) is 13.4. The number of hydrogen-bond acceptors (Lipinski definition) is 2. The van der Waals surface area contributed by atoms with Gasteiger partial charge >= 0.3 is 0 Å². The molecule has 6 heteroatoms. The molecule has 0 unspecified atom stereocenters. The molecular weight excluding hydrogens is 363 g/mol. The normalized spacial score (nSPS) is 10.2. The molecule has 0 fully saturated rings. The molecule has 0 aliphatic carbocycles. The fraction of sp³-hybridized carbons (Fsp3) is 0.0714. The number of rotatable bonds is 4. The Hall–Kier alpha value is -1.23. The van der Waals surface area contributed by atoms with Crippen molar-refractivity contribution in [3.63, 3.8) is 0 Å². The van der Waals surface area contributed by atoms with Gasteiger partial charge in [-0.3, -0.25) is 4.79 Å². The van der Waals surface area contributed by atoms with Crippen LogP contribution in [0, 0.1) is 0 Å². The Labute approximate surface area is 135 Å². The quantitative estimate of drug-likeness (QED) is 0.807. The van der Waals surface area contributed by atoms with Crippen molar-refractivity contribution in [3.8, 4) is 0 Å². The van der Waals surface area contributed by atoms with Gasteiger partial charge in [0, 0.05) is 15.2 Å². The first kappa shape index (κ1) is 15.2. The largest absolute Gasteiger partial charge is 0.375 e. The average Bonchev–Trinajstić information content (AvgIpc) is 2.42. The van der Waals surface area contributed by atoms with Crippen LogP contribution in [-0.4, -0.2) is 12.5 Å². The maximum absolute atomic E-state index is 11.8. The number of anilines is 2. The molecule has 2 N–H and O–H groups in total. The molecule has 0 aliphatic rings. The molecule has 0 atom stereocenters. The van der Waals surface area contributed by atoms with Crippen LogP contribution in [0.4, 0.5) is 11.4 Å². The molecule has 1 amide bonds. The van der Waals surface area contributed by atoms with Gasteiger partial charge < -0.3 is 10.6 Å². The number of benzene rings is 2. The summed E-state index contributed by atoms with van der Waals surface area (Å²) in [5.41, 5.74) is 1.36. The monoisotopic (exact) mass is 372 g/mol. The Bertz CT molecular complexity index is 617. The smallest absolute Gasteiger partial charge is 0.243 e. The molecule has 0 saturated carbocycles. The lowest BCUT2D eigenvalue weighted by Gasteiger charge is -2.09. The zero-order chi connectivity index (χ0) is 14.5. The van der Waals surface area contributed by atoms with E-state index < -0.39 is 0 Å². The van der Waals surface area contributed by atoms with E-state index in [4.69, 9.17) is 23.2 Å². The van der Waals surface area contributed by atoms with E-state index in [1.54, 1.807) is 18.2 Å². The van der Waals surface area contributed by atoms with Crippen molar-refractivity contribution in [2.24, 2.45) is 0 Å². The Morgan fingerprint density at radius 2 is 1.80 bits per heavy atom. The molecule has 0 saturated heterocycles. The van der Waals surface area contributed by atoms with Gasteiger partial charge in [0.05, 0.1) is 17.3 Å². The summed E-state index contributed by atoms with van der Waals surface area (Å²) in [5.74, 6) is -0.164. The molecule has 104 valence electrons. The highest BCUT2D eigenvalue weighted by molar-refractivity contribution is 9.10. The summed E-state index contributed by atoms with van der Waals surface area (Å²) in [7, 11) is 0. The third-order valence-corrected chi connectivity index (χ3v) is 3.59. The summed E-state index contributed by atoms with van der Waals surface area (Å²) < 4.78 is 0.958. The summed E-state index contributed by atoms with van der Waals surface area (Å²) in [6.45, 7) is 0.107. The van der Waals surface area contributed by atoms with Crippen molar-refractivity contribution in [1.29, 1.82) is 0 Å². The van der Waals surface area contributed by atoms with Gasteiger partial charge in [0.2, 0.25) is 5.91 Å². The molecule has 0 aromatic heterocycles. The van der Waals surface area contributed by atoms with Gasteiger partial charge in [-0.05, 0) is 42.5 Å². The molecular formula is C14H11BrCl2N2O. The van der Waals surface area contributed by atoms with Gasteiger partial charge in [-0.2, -0.15) is 0 Å². The van der Waals surface area contributed by atoms with Crippen molar-refractivity contribution in [3.05, 3.63) is 57.0 Å². The van der Waals surface area contributed by atoms with Crippen LogP contribution in [0.25, 0.3) is 0 Å². The number of carbonyl (C=O) groups excluding carboxylic acids is 1. The van der Waals surface area contributed by atoms with Crippen LogP contribution in [0.5, 0.6) is 0 Å². The first-order chi connectivity index (χ1) is 9.54. The first-order valence-electron chi connectivity index (χ1n) is 5.79. The minimum atomic E-state index is -0.164. The topological polar surface area (TPSA) is 41.1 Å². The molecule has 2 rings (SSSR count). The second kappa shape index (κ2) is 6.97. The second-order valence-corrected chi connectivity index (χ2v) is 5.79. The molecule has 0 spiro atoms. The molecule has 0 bridgehead atoms. The van der Waals surface area contributed by atoms with Gasteiger partial charge in [-0.15, -0.1) is 0 Å². The van der Waals surface area contributed by atoms with Crippen LogP contribution < -0.4 is 10.6 Å². The van der Waals surface area contributed by atoms with Gasteiger partial charge in [0.15, 0.2) is 0 Å². The van der Waals surface area contributed by atoms with Crippen LogP contribution >= 0.6 is 39.1 Å². The van der Waals surface area contributed by atoms with E-state index in [-0.39, 0.29) is 12.5 Å². The van der Waals surface area contributed by atoms with E-state index in [0.717, 1.165) is 10.2 Å². The Morgan fingerprint density at radius 1 is 1.10 bits per heavy atom. The number of nitrogens with one attached hydrogen (secondary N) is 2. The van der Waals surface area contributed by atoms with E-state index in [1.807, 2.05) is 24.3 Å². The first-order valence-corrected chi connectivity index (χ1v) is 7.34. The molecule has 3 nitrogen and oxygen atoms in total. The van der Waals surface area contributed by atoms with Crippen molar-refractivity contribution in [2.45, 2.75) is 0 Å². The standard InChI is InChI=1S/C14H11BrCl2N2O/c15-9-1-4-11(5-2-9)19-14(20)8-18-13-7-10(16)3-6-12(13)17/h1-7,18H,8H2,(H,19,20). The van der Waals surface area contributed by atoms with Crippen molar-refractivity contribution < 1.29 is 4.79 Å². The molecule has 0 aliphatic heterocycles. The minimum absolute atomic E-state index is 0.107. The molecule has 0 radical (unpaired) electrons. The summed E-state index contributed by atoms with van der Waals surface area (Å²) in [5, 5.41) is 6.80. The zero-order valence-electron chi connectivity index (χ0n) is 10.3. The van der Waals surface area contributed by atoms with Crippen LogP contribution in [0.1, 0.15) is 0 Å².